The predicted molar refractivity (Wildman–Crippen MR) is 69.8 cm³/mol. The first-order valence-electron chi connectivity index (χ1n) is 6.44. The molecule has 1 amide bonds. The Morgan fingerprint density at radius 2 is 2.50 bits per heavy atom. The molecule has 0 radical (unpaired) electrons. The highest BCUT2D eigenvalue weighted by Gasteiger charge is 2.44. The van der Waals surface area contributed by atoms with Gasteiger partial charge < -0.3 is 16.4 Å². The molecule has 2 unspecified atom stereocenters. The second kappa shape index (κ2) is 7.20. The van der Waals surface area contributed by atoms with Gasteiger partial charge in [-0.1, -0.05) is 12.0 Å². The zero-order chi connectivity index (χ0) is 13.4. The van der Waals surface area contributed by atoms with Gasteiger partial charge in [-0.2, -0.15) is 0 Å². The number of hydrogen-bond donors (Lipinski definition) is 3. The van der Waals surface area contributed by atoms with Crippen LogP contribution in [-0.4, -0.2) is 37.6 Å². The molecule has 0 aliphatic carbocycles. The summed E-state index contributed by atoms with van der Waals surface area (Å²) in [6.45, 7) is 4.74. The summed E-state index contributed by atoms with van der Waals surface area (Å²) >= 11 is 0. The van der Waals surface area contributed by atoms with Crippen molar-refractivity contribution in [3.05, 3.63) is 10.4 Å². The van der Waals surface area contributed by atoms with Gasteiger partial charge in [0.25, 0.3) is 0 Å². The molecule has 4 N–H and O–H groups in total. The van der Waals surface area contributed by atoms with Gasteiger partial charge in [0.1, 0.15) is 5.54 Å². The Morgan fingerprint density at radius 1 is 1.72 bits per heavy atom. The molecule has 1 aliphatic rings. The lowest BCUT2D eigenvalue weighted by Gasteiger charge is -2.42. The highest BCUT2D eigenvalue weighted by atomic mass is 16.1. The summed E-state index contributed by atoms with van der Waals surface area (Å²) in [5.74, 6) is -0.0668. The molecule has 0 aromatic rings. The fourth-order valence-electron chi connectivity index (χ4n) is 2.58. The van der Waals surface area contributed by atoms with Crippen LogP contribution in [0, 0.1) is 5.92 Å². The van der Waals surface area contributed by atoms with Gasteiger partial charge in [0.2, 0.25) is 5.91 Å². The third-order valence-corrected chi connectivity index (χ3v) is 3.65. The molecule has 1 heterocycles. The van der Waals surface area contributed by atoms with E-state index in [-0.39, 0.29) is 11.8 Å². The van der Waals surface area contributed by atoms with Crippen molar-refractivity contribution in [2.45, 2.75) is 31.7 Å². The SMILES string of the molecule is CCC1CNCCC1(NCCCN=[N+]=[N-])C(N)=O. The Hall–Kier alpha value is -1.30. The maximum Gasteiger partial charge on any atom is 0.238 e. The van der Waals surface area contributed by atoms with E-state index in [1.54, 1.807) is 0 Å². The van der Waals surface area contributed by atoms with Crippen LogP contribution in [0.1, 0.15) is 26.2 Å². The molecule has 1 rings (SSSR count). The van der Waals surface area contributed by atoms with Crippen LogP contribution >= 0.6 is 0 Å². The van der Waals surface area contributed by atoms with Crippen LogP contribution in [0.3, 0.4) is 0 Å². The zero-order valence-corrected chi connectivity index (χ0v) is 10.9. The summed E-state index contributed by atoms with van der Waals surface area (Å²) in [5, 5.41) is 10.1. The van der Waals surface area contributed by atoms with Crippen molar-refractivity contribution in [3.63, 3.8) is 0 Å². The number of carbonyl (C=O) groups is 1. The predicted octanol–water partition coefficient (Wildman–Crippen LogP) is 0.520. The molecule has 1 aliphatic heterocycles. The average Bonchev–Trinajstić information content (AvgIpc) is 2.38. The number of nitrogens with zero attached hydrogens (tertiary/aromatic N) is 3. The van der Waals surface area contributed by atoms with Crippen molar-refractivity contribution in [2.75, 3.05) is 26.2 Å². The summed E-state index contributed by atoms with van der Waals surface area (Å²) < 4.78 is 0. The van der Waals surface area contributed by atoms with Gasteiger partial charge in [-0.3, -0.25) is 4.79 Å². The quantitative estimate of drug-likeness (QED) is 0.266. The molecule has 0 saturated carbocycles. The van der Waals surface area contributed by atoms with Crippen molar-refractivity contribution in [3.8, 4) is 0 Å². The third-order valence-electron chi connectivity index (χ3n) is 3.65. The number of primary amides is 1. The van der Waals surface area contributed by atoms with Gasteiger partial charge in [0.15, 0.2) is 0 Å². The van der Waals surface area contributed by atoms with Crippen molar-refractivity contribution in [1.82, 2.24) is 10.6 Å². The largest absolute Gasteiger partial charge is 0.368 e. The molecule has 18 heavy (non-hydrogen) atoms. The van der Waals surface area contributed by atoms with Crippen LogP contribution in [0.4, 0.5) is 0 Å². The lowest BCUT2D eigenvalue weighted by atomic mass is 9.76. The molecule has 1 saturated heterocycles. The molecular weight excluding hydrogens is 232 g/mol. The number of hydrogen-bond acceptors (Lipinski definition) is 4. The second-order valence-electron chi connectivity index (χ2n) is 4.63. The molecule has 1 fully saturated rings. The maximum atomic E-state index is 11.8. The molecule has 0 bridgehead atoms. The maximum absolute atomic E-state index is 11.8. The van der Waals surface area contributed by atoms with Crippen LogP contribution in [0.5, 0.6) is 0 Å². The minimum atomic E-state index is -0.615. The summed E-state index contributed by atoms with van der Waals surface area (Å²) in [4.78, 5) is 14.5. The van der Waals surface area contributed by atoms with Gasteiger partial charge in [-0.05, 0) is 43.8 Å². The summed E-state index contributed by atoms with van der Waals surface area (Å²) in [7, 11) is 0. The smallest absolute Gasteiger partial charge is 0.238 e. The molecule has 7 nitrogen and oxygen atoms in total. The van der Waals surface area contributed by atoms with Gasteiger partial charge in [0.05, 0.1) is 0 Å². The Bertz CT molecular complexity index is 327. The Balaban J connectivity index is 2.61. The first-order valence-corrected chi connectivity index (χ1v) is 6.44. The normalized spacial score (nSPS) is 27.5. The van der Waals surface area contributed by atoms with E-state index in [0.29, 0.717) is 25.9 Å². The Morgan fingerprint density at radius 3 is 3.11 bits per heavy atom. The lowest BCUT2D eigenvalue weighted by Crippen LogP contribution is -2.65. The summed E-state index contributed by atoms with van der Waals surface area (Å²) in [6.07, 6.45) is 2.32. The number of rotatable bonds is 7. The number of piperidine rings is 1. The molecule has 0 aromatic heterocycles. The first-order chi connectivity index (χ1) is 8.67. The summed E-state index contributed by atoms with van der Waals surface area (Å²) in [6, 6.07) is 0. The van der Waals surface area contributed by atoms with Crippen LogP contribution in [-0.2, 0) is 4.79 Å². The first kappa shape index (κ1) is 14.8. The van der Waals surface area contributed by atoms with E-state index in [1.807, 2.05) is 0 Å². The van der Waals surface area contributed by atoms with E-state index in [2.05, 4.69) is 27.6 Å². The fraction of sp³-hybridized carbons (Fsp3) is 0.909. The average molecular weight is 254 g/mol. The monoisotopic (exact) mass is 254 g/mol. The number of carbonyl (C=O) groups excluding carboxylic acids is 1. The van der Waals surface area contributed by atoms with E-state index in [9.17, 15) is 4.79 Å². The van der Waals surface area contributed by atoms with Crippen LogP contribution in [0.2, 0.25) is 0 Å². The lowest BCUT2D eigenvalue weighted by molar-refractivity contribution is -0.128. The molecular formula is C11H22N6O. The van der Waals surface area contributed by atoms with Crippen molar-refractivity contribution >= 4 is 5.91 Å². The van der Waals surface area contributed by atoms with E-state index >= 15 is 0 Å². The van der Waals surface area contributed by atoms with Crippen molar-refractivity contribution < 1.29 is 4.79 Å². The third kappa shape index (κ3) is 3.35. The van der Waals surface area contributed by atoms with E-state index in [0.717, 1.165) is 19.5 Å². The molecule has 0 spiro atoms. The highest BCUT2D eigenvalue weighted by molar-refractivity contribution is 5.85. The minimum absolute atomic E-state index is 0.211. The van der Waals surface area contributed by atoms with Gasteiger partial charge in [-0.15, -0.1) is 0 Å². The van der Waals surface area contributed by atoms with E-state index < -0.39 is 5.54 Å². The number of nitrogens with one attached hydrogen (secondary N) is 2. The standard InChI is InChI=1S/C11H22N6O/c1-2-9-8-14-7-4-11(9,10(12)18)15-5-3-6-16-17-13/h9,14-15H,2-8H2,1H3,(H2,12,18). The van der Waals surface area contributed by atoms with Gasteiger partial charge in [0, 0.05) is 18.0 Å². The van der Waals surface area contributed by atoms with Gasteiger partial charge in [-0.25, -0.2) is 0 Å². The van der Waals surface area contributed by atoms with E-state index in [1.165, 1.54) is 0 Å². The molecule has 0 aromatic carbocycles. The summed E-state index contributed by atoms with van der Waals surface area (Å²) in [5.41, 5.74) is 13.2. The number of nitrogens with two attached hydrogens (primary N) is 1. The van der Waals surface area contributed by atoms with Crippen molar-refractivity contribution in [2.24, 2.45) is 16.8 Å². The minimum Gasteiger partial charge on any atom is -0.368 e. The highest BCUT2D eigenvalue weighted by Crippen LogP contribution is 2.27. The molecule has 7 heteroatoms. The van der Waals surface area contributed by atoms with Crippen molar-refractivity contribution in [1.29, 1.82) is 0 Å². The fourth-order valence-corrected chi connectivity index (χ4v) is 2.58. The molecule has 102 valence electrons. The van der Waals surface area contributed by atoms with Crippen LogP contribution in [0.15, 0.2) is 5.11 Å². The molecule has 2 atom stereocenters. The Kier molecular flexibility index (Phi) is 5.91. The van der Waals surface area contributed by atoms with E-state index in [4.69, 9.17) is 11.3 Å². The number of azide groups is 1. The zero-order valence-electron chi connectivity index (χ0n) is 10.9. The Labute approximate surface area is 107 Å². The van der Waals surface area contributed by atoms with Gasteiger partial charge >= 0.3 is 0 Å². The topological polar surface area (TPSA) is 116 Å². The number of amides is 1. The van der Waals surface area contributed by atoms with Crippen LogP contribution in [0.25, 0.3) is 10.4 Å². The second-order valence-corrected chi connectivity index (χ2v) is 4.63. The van der Waals surface area contributed by atoms with Crippen LogP contribution < -0.4 is 16.4 Å².